The lowest BCUT2D eigenvalue weighted by molar-refractivity contribution is 0.0901. The van der Waals surface area contributed by atoms with Gasteiger partial charge in [-0.3, -0.25) is 4.79 Å². The molecule has 0 fully saturated rings. The number of fused-ring (bicyclic) bond motifs is 1. The maximum absolute atomic E-state index is 11.3. The number of aromatic hydroxyl groups is 2. The van der Waals surface area contributed by atoms with Gasteiger partial charge in [0.15, 0.2) is 5.78 Å². The van der Waals surface area contributed by atoms with Crippen molar-refractivity contribution in [1.82, 2.24) is 0 Å². The molecule has 0 aromatic heterocycles. The van der Waals surface area contributed by atoms with E-state index in [0.29, 0.717) is 10.8 Å². The van der Waals surface area contributed by atoms with Crippen LogP contribution in [-0.4, -0.2) is 27.7 Å². The summed E-state index contributed by atoms with van der Waals surface area (Å²) in [4.78, 5) is 11.3. The summed E-state index contributed by atoms with van der Waals surface area (Å²) in [7, 11) is 0. The molecule has 0 heterocycles. The van der Waals surface area contributed by atoms with Crippen LogP contribution in [0.2, 0.25) is 0 Å². The molecule has 3 N–H and O–H groups in total. The SMILES string of the molecule is O=C(CO)c1cc(O)c2ccccc2c1O. The number of hydrogen-bond acceptors (Lipinski definition) is 4. The van der Waals surface area contributed by atoms with Gasteiger partial charge in [0.25, 0.3) is 0 Å². The maximum atomic E-state index is 11.3. The van der Waals surface area contributed by atoms with Gasteiger partial charge in [0.2, 0.25) is 0 Å². The van der Waals surface area contributed by atoms with Crippen LogP contribution in [0.3, 0.4) is 0 Å². The third-order valence-electron chi connectivity index (χ3n) is 2.44. The number of aliphatic hydroxyl groups is 1. The van der Waals surface area contributed by atoms with E-state index in [1.807, 2.05) is 0 Å². The van der Waals surface area contributed by atoms with Gasteiger partial charge < -0.3 is 15.3 Å². The van der Waals surface area contributed by atoms with Crippen LogP contribution in [0.15, 0.2) is 30.3 Å². The van der Waals surface area contributed by atoms with Crippen LogP contribution in [0.4, 0.5) is 0 Å². The Bertz CT molecular complexity index is 560. The molecule has 2 aromatic carbocycles. The first-order chi connectivity index (χ1) is 7.65. The average molecular weight is 218 g/mol. The van der Waals surface area contributed by atoms with Gasteiger partial charge in [-0.15, -0.1) is 0 Å². The number of Topliss-reactive ketones (excluding diaryl/α,β-unsaturated/α-hetero) is 1. The van der Waals surface area contributed by atoms with Gasteiger partial charge in [-0.2, -0.15) is 0 Å². The minimum absolute atomic E-state index is 0.0706. The standard InChI is InChI=1S/C12H10O4/c13-6-11(15)9-5-10(14)7-3-1-2-4-8(7)12(9)16/h1-5,13-14,16H,6H2. The molecule has 0 radical (unpaired) electrons. The predicted molar refractivity (Wildman–Crippen MR) is 58.7 cm³/mol. The zero-order chi connectivity index (χ0) is 11.7. The Balaban J connectivity index is 2.80. The molecule has 2 aromatic rings. The molecule has 0 unspecified atom stereocenters. The fraction of sp³-hybridized carbons (Fsp3) is 0.0833. The number of rotatable bonds is 2. The highest BCUT2D eigenvalue weighted by Crippen LogP contribution is 2.35. The van der Waals surface area contributed by atoms with Crippen LogP contribution in [0, 0.1) is 0 Å². The van der Waals surface area contributed by atoms with Gasteiger partial charge >= 0.3 is 0 Å². The fourth-order valence-electron chi connectivity index (χ4n) is 1.64. The molecule has 0 aliphatic heterocycles. The fourth-order valence-corrected chi connectivity index (χ4v) is 1.64. The summed E-state index contributed by atoms with van der Waals surface area (Å²) >= 11 is 0. The van der Waals surface area contributed by atoms with E-state index in [-0.39, 0.29) is 17.1 Å². The predicted octanol–water partition coefficient (Wildman–Crippen LogP) is 1.43. The van der Waals surface area contributed by atoms with Crippen molar-refractivity contribution in [1.29, 1.82) is 0 Å². The summed E-state index contributed by atoms with van der Waals surface area (Å²) in [5.41, 5.74) is -0.0706. The Labute approximate surface area is 91.4 Å². The Morgan fingerprint density at radius 1 is 1.12 bits per heavy atom. The minimum atomic E-state index is -0.703. The molecule has 0 spiro atoms. The summed E-state index contributed by atoms with van der Waals surface area (Å²) in [5.74, 6) is -0.934. The van der Waals surface area contributed by atoms with Crippen molar-refractivity contribution in [2.24, 2.45) is 0 Å². The molecule has 0 aliphatic rings. The van der Waals surface area contributed by atoms with Crippen LogP contribution in [0.5, 0.6) is 11.5 Å². The molecular formula is C12H10O4. The Morgan fingerprint density at radius 3 is 2.38 bits per heavy atom. The van der Waals surface area contributed by atoms with Gasteiger partial charge in [0, 0.05) is 10.8 Å². The number of carbonyl (C=O) groups excluding carboxylic acids is 1. The zero-order valence-corrected chi connectivity index (χ0v) is 8.34. The van der Waals surface area contributed by atoms with Crippen LogP contribution in [0.25, 0.3) is 10.8 Å². The van der Waals surface area contributed by atoms with Crippen molar-refractivity contribution in [2.75, 3.05) is 6.61 Å². The molecule has 2 rings (SSSR count). The number of phenols is 2. The highest BCUT2D eigenvalue weighted by atomic mass is 16.3. The van der Waals surface area contributed by atoms with Crippen molar-refractivity contribution in [3.05, 3.63) is 35.9 Å². The van der Waals surface area contributed by atoms with Gasteiger partial charge in [0.05, 0.1) is 5.56 Å². The van der Waals surface area contributed by atoms with Gasteiger partial charge in [-0.25, -0.2) is 0 Å². The second kappa shape index (κ2) is 3.83. The second-order valence-corrected chi connectivity index (χ2v) is 3.42. The lowest BCUT2D eigenvalue weighted by atomic mass is 10.0. The first-order valence-electron chi connectivity index (χ1n) is 4.73. The number of hydrogen-bond donors (Lipinski definition) is 3. The van der Waals surface area contributed by atoms with E-state index >= 15 is 0 Å². The van der Waals surface area contributed by atoms with E-state index in [1.165, 1.54) is 0 Å². The molecule has 16 heavy (non-hydrogen) atoms. The lowest BCUT2D eigenvalue weighted by Gasteiger charge is -2.07. The van der Waals surface area contributed by atoms with Crippen molar-refractivity contribution >= 4 is 16.6 Å². The van der Waals surface area contributed by atoms with Crippen LogP contribution in [-0.2, 0) is 0 Å². The molecule has 0 saturated carbocycles. The van der Waals surface area contributed by atoms with Crippen LogP contribution < -0.4 is 0 Å². The molecule has 0 aliphatic carbocycles. The van der Waals surface area contributed by atoms with E-state index in [4.69, 9.17) is 5.11 Å². The second-order valence-electron chi connectivity index (χ2n) is 3.42. The molecule has 0 atom stereocenters. The maximum Gasteiger partial charge on any atom is 0.192 e. The largest absolute Gasteiger partial charge is 0.507 e. The Kier molecular flexibility index (Phi) is 2.50. The van der Waals surface area contributed by atoms with Crippen molar-refractivity contribution in [2.45, 2.75) is 0 Å². The first-order valence-corrected chi connectivity index (χ1v) is 4.73. The van der Waals surface area contributed by atoms with E-state index in [9.17, 15) is 15.0 Å². The third kappa shape index (κ3) is 1.49. The smallest absolute Gasteiger partial charge is 0.192 e. The van der Waals surface area contributed by atoms with E-state index in [0.717, 1.165) is 6.07 Å². The summed E-state index contributed by atoms with van der Waals surface area (Å²) in [5, 5.41) is 29.1. The number of carbonyl (C=O) groups is 1. The van der Waals surface area contributed by atoms with E-state index in [1.54, 1.807) is 24.3 Å². The van der Waals surface area contributed by atoms with Crippen molar-refractivity contribution < 1.29 is 20.1 Å². The van der Waals surface area contributed by atoms with Crippen molar-refractivity contribution in [3.63, 3.8) is 0 Å². The number of aliphatic hydroxyl groups excluding tert-OH is 1. The summed E-state index contributed by atoms with van der Waals surface area (Å²) < 4.78 is 0. The van der Waals surface area contributed by atoms with E-state index in [2.05, 4.69) is 0 Å². The normalized spacial score (nSPS) is 10.6. The Hall–Kier alpha value is -2.07. The molecule has 0 bridgehead atoms. The lowest BCUT2D eigenvalue weighted by Crippen LogP contribution is -2.04. The summed E-state index contributed by atoms with van der Waals surface area (Å²) in [6.45, 7) is -0.703. The molecular weight excluding hydrogens is 208 g/mol. The van der Waals surface area contributed by atoms with Crippen LogP contribution >= 0.6 is 0 Å². The quantitative estimate of drug-likeness (QED) is 0.526. The van der Waals surface area contributed by atoms with Gasteiger partial charge in [-0.05, 0) is 6.07 Å². The topological polar surface area (TPSA) is 77.8 Å². The summed E-state index contributed by atoms with van der Waals surface area (Å²) in [6, 6.07) is 7.80. The number of ketones is 1. The van der Waals surface area contributed by atoms with E-state index < -0.39 is 12.4 Å². The zero-order valence-electron chi connectivity index (χ0n) is 8.34. The number of phenolic OH excluding ortho intramolecular Hbond substituents is 2. The van der Waals surface area contributed by atoms with Gasteiger partial charge in [-0.1, -0.05) is 24.3 Å². The van der Waals surface area contributed by atoms with Crippen molar-refractivity contribution in [3.8, 4) is 11.5 Å². The average Bonchev–Trinajstić information content (AvgIpc) is 2.33. The molecule has 82 valence electrons. The Morgan fingerprint density at radius 2 is 1.75 bits per heavy atom. The summed E-state index contributed by atoms with van der Waals surface area (Å²) in [6.07, 6.45) is 0. The number of benzene rings is 2. The van der Waals surface area contributed by atoms with Crippen LogP contribution in [0.1, 0.15) is 10.4 Å². The van der Waals surface area contributed by atoms with Gasteiger partial charge in [0.1, 0.15) is 18.1 Å². The molecule has 0 saturated heterocycles. The first kappa shape index (κ1) is 10.4. The highest BCUT2D eigenvalue weighted by molar-refractivity contribution is 6.07. The molecule has 4 heteroatoms. The molecule has 0 amide bonds. The molecule has 4 nitrogen and oxygen atoms in total. The third-order valence-corrected chi connectivity index (χ3v) is 2.44. The monoisotopic (exact) mass is 218 g/mol. The minimum Gasteiger partial charge on any atom is -0.507 e. The highest BCUT2D eigenvalue weighted by Gasteiger charge is 2.15.